The Hall–Kier alpha value is -1.30. The maximum Gasteiger partial charge on any atom is 0.407 e. The molecule has 0 aromatic carbocycles. The molecule has 2 aliphatic heterocycles. The highest BCUT2D eigenvalue weighted by atomic mass is 16.6. The molecule has 120 valence electrons. The van der Waals surface area contributed by atoms with Crippen LogP contribution in [-0.4, -0.2) is 43.5 Å². The first-order valence-corrected chi connectivity index (χ1v) is 7.40. The van der Waals surface area contributed by atoms with Crippen LogP contribution in [-0.2, 0) is 19.0 Å². The summed E-state index contributed by atoms with van der Waals surface area (Å²) < 4.78 is 16.0. The number of nitrogens with one attached hydrogen (secondary N) is 1. The third kappa shape index (κ3) is 3.48. The number of methoxy groups -OCH3 is 1. The van der Waals surface area contributed by atoms with Crippen LogP contribution in [0.5, 0.6) is 0 Å². The number of carbonyl (C=O) groups is 2. The van der Waals surface area contributed by atoms with Gasteiger partial charge in [-0.25, -0.2) is 4.79 Å². The van der Waals surface area contributed by atoms with Gasteiger partial charge in [-0.3, -0.25) is 4.79 Å². The van der Waals surface area contributed by atoms with Crippen LogP contribution >= 0.6 is 0 Å². The minimum absolute atomic E-state index is 0.184. The molecule has 6 heteroatoms. The van der Waals surface area contributed by atoms with Crippen molar-refractivity contribution in [2.45, 2.75) is 57.7 Å². The zero-order valence-electron chi connectivity index (χ0n) is 13.3. The van der Waals surface area contributed by atoms with Crippen LogP contribution in [0.2, 0.25) is 0 Å². The van der Waals surface area contributed by atoms with Gasteiger partial charge in [-0.2, -0.15) is 0 Å². The number of esters is 1. The largest absolute Gasteiger partial charge is 0.469 e. The molecule has 2 heterocycles. The molecule has 3 rings (SSSR count). The van der Waals surface area contributed by atoms with Crippen LogP contribution in [0.15, 0.2) is 0 Å². The summed E-state index contributed by atoms with van der Waals surface area (Å²) in [5.41, 5.74) is -1.36. The summed E-state index contributed by atoms with van der Waals surface area (Å²) in [4.78, 5) is 23.6. The molecular formula is C15H25NO5. The fourth-order valence-corrected chi connectivity index (χ4v) is 3.02. The molecule has 3 aliphatic rings. The standard InChI is InChI=1S/C15H25NO5/c1-13(2,3)21-12(18)16-9-15-7-5-14(6-8-15,10-20-15)11(17)19-4/h5-10H2,1-4H3,(H,16,18). The van der Waals surface area contributed by atoms with Gasteiger partial charge in [0.2, 0.25) is 0 Å². The molecule has 0 aromatic heterocycles. The van der Waals surface area contributed by atoms with Gasteiger partial charge in [-0.1, -0.05) is 0 Å². The van der Waals surface area contributed by atoms with Crippen LogP contribution in [0, 0.1) is 5.41 Å². The summed E-state index contributed by atoms with van der Waals surface area (Å²) in [6.07, 6.45) is 2.55. The summed E-state index contributed by atoms with van der Waals surface area (Å²) in [5.74, 6) is -0.184. The molecule has 0 spiro atoms. The Morgan fingerprint density at radius 3 is 2.24 bits per heavy atom. The maximum atomic E-state index is 11.9. The van der Waals surface area contributed by atoms with Crippen molar-refractivity contribution < 1.29 is 23.8 Å². The van der Waals surface area contributed by atoms with Gasteiger partial charge in [-0.15, -0.1) is 0 Å². The van der Waals surface area contributed by atoms with E-state index in [1.807, 2.05) is 20.8 Å². The number of hydrogen-bond acceptors (Lipinski definition) is 5. The normalized spacial score (nSPS) is 31.6. The van der Waals surface area contributed by atoms with Crippen LogP contribution < -0.4 is 5.32 Å². The Morgan fingerprint density at radius 1 is 1.19 bits per heavy atom. The van der Waals surface area contributed by atoms with Crippen molar-refractivity contribution in [2.24, 2.45) is 5.41 Å². The van der Waals surface area contributed by atoms with Gasteiger partial charge < -0.3 is 19.5 Å². The number of ether oxygens (including phenoxy) is 3. The molecule has 1 saturated carbocycles. The van der Waals surface area contributed by atoms with E-state index in [1.54, 1.807) is 0 Å². The lowest BCUT2D eigenvalue weighted by Gasteiger charge is -2.51. The van der Waals surface area contributed by atoms with Crippen molar-refractivity contribution in [3.8, 4) is 0 Å². The molecule has 1 N–H and O–H groups in total. The quantitative estimate of drug-likeness (QED) is 0.807. The van der Waals surface area contributed by atoms with Gasteiger partial charge in [0.05, 0.1) is 24.7 Å². The second-order valence-corrected chi connectivity index (χ2v) is 7.10. The smallest absolute Gasteiger partial charge is 0.407 e. The predicted octanol–water partition coefficient (Wildman–Crippen LogP) is 2.01. The molecule has 1 aliphatic carbocycles. The molecule has 21 heavy (non-hydrogen) atoms. The Kier molecular flexibility index (Phi) is 4.19. The molecule has 0 atom stereocenters. The zero-order valence-corrected chi connectivity index (χ0v) is 13.3. The van der Waals surface area contributed by atoms with E-state index in [0.29, 0.717) is 13.2 Å². The van der Waals surface area contributed by atoms with E-state index in [1.165, 1.54) is 7.11 Å². The Morgan fingerprint density at radius 2 is 1.81 bits per heavy atom. The average Bonchev–Trinajstić information content (AvgIpc) is 2.44. The first kappa shape index (κ1) is 16.1. The molecule has 0 unspecified atom stereocenters. The van der Waals surface area contributed by atoms with Crippen LogP contribution in [0.25, 0.3) is 0 Å². The minimum atomic E-state index is -0.512. The number of rotatable bonds is 3. The fourth-order valence-electron chi connectivity index (χ4n) is 3.02. The third-order valence-corrected chi connectivity index (χ3v) is 4.35. The molecule has 6 nitrogen and oxygen atoms in total. The summed E-state index contributed by atoms with van der Waals surface area (Å²) in [5, 5.41) is 2.78. The number of alkyl carbamates (subject to hydrolysis) is 1. The number of hydrogen-bond donors (Lipinski definition) is 1. The van der Waals surface area contributed by atoms with E-state index in [9.17, 15) is 9.59 Å². The summed E-state index contributed by atoms with van der Waals surface area (Å²) in [7, 11) is 1.41. The van der Waals surface area contributed by atoms with Crippen molar-refractivity contribution in [2.75, 3.05) is 20.3 Å². The van der Waals surface area contributed by atoms with Crippen molar-refractivity contribution >= 4 is 12.1 Å². The van der Waals surface area contributed by atoms with E-state index >= 15 is 0 Å². The minimum Gasteiger partial charge on any atom is -0.469 e. The van der Waals surface area contributed by atoms with Gasteiger partial charge in [0.15, 0.2) is 0 Å². The summed E-state index contributed by atoms with van der Waals surface area (Å²) >= 11 is 0. The van der Waals surface area contributed by atoms with E-state index in [-0.39, 0.29) is 11.6 Å². The Bertz CT molecular complexity index is 402. The lowest BCUT2D eigenvalue weighted by molar-refractivity contribution is -0.202. The van der Waals surface area contributed by atoms with Crippen molar-refractivity contribution in [1.82, 2.24) is 5.32 Å². The fraction of sp³-hybridized carbons (Fsp3) is 0.867. The third-order valence-electron chi connectivity index (χ3n) is 4.35. The van der Waals surface area contributed by atoms with Crippen molar-refractivity contribution in [1.29, 1.82) is 0 Å². The van der Waals surface area contributed by atoms with E-state index in [4.69, 9.17) is 14.2 Å². The van der Waals surface area contributed by atoms with Gasteiger partial charge in [-0.05, 0) is 46.5 Å². The predicted molar refractivity (Wildman–Crippen MR) is 75.8 cm³/mol. The van der Waals surface area contributed by atoms with E-state index < -0.39 is 17.1 Å². The number of carbonyl (C=O) groups excluding carboxylic acids is 2. The SMILES string of the molecule is COC(=O)C12CCC(CNC(=O)OC(C)(C)C)(CC1)OC2. The van der Waals surface area contributed by atoms with Crippen LogP contribution in [0.4, 0.5) is 4.79 Å². The second kappa shape index (κ2) is 5.48. The second-order valence-electron chi connectivity index (χ2n) is 7.10. The van der Waals surface area contributed by atoms with E-state index in [0.717, 1.165) is 25.7 Å². The molecular weight excluding hydrogens is 274 g/mol. The van der Waals surface area contributed by atoms with Gasteiger partial charge in [0.1, 0.15) is 5.60 Å². The van der Waals surface area contributed by atoms with Crippen LogP contribution in [0.1, 0.15) is 46.5 Å². The van der Waals surface area contributed by atoms with Crippen molar-refractivity contribution in [3.05, 3.63) is 0 Å². The Balaban J connectivity index is 1.87. The molecule has 1 amide bonds. The maximum absolute atomic E-state index is 11.9. The van der Waals surface area contributed by atoms with Gasteiger partial charge in [0, 0.05) is 6.54 Å². The first-order chi connectivity index (χ1) is 9.70. The zero-order chi connectivity index (χ0) is 15.7. The molecule has 0 radical (unpaired) electrons. The highest BCUT2D eigenvalue weighted by Gasteiger charge is 2.54. The average molecular weight is 299 g/mol. The highest BCUT2D eigenvalue weighted by Crippen LogP contribution is 2.49. The first-order valence-electron chi connectivity index (χ1n) is 7.40. The summed E-state index contributed by atoms with van der Waals surface area (Å²) in [6.45, 7) is 6.27. The molecule has 0 aromatic rings. The van der Waals surface area contributed by atoms with Crippen molar-refractivity contribution in [3.63, 3.8) is 0 Å². The summed E-state index contributed by atoms with van der Waals surface area (Å²) in [6, 6.07) is 0. The topological polar surface area (TPSA) is 73.9 Å². The van der Waals surface area contributed by atoms with E-state index in [2.05, 4.69) is 5.32 Å². The Labute approximate surface area is 125 Å². The molecule has 2 saturated heterocycles. The number of fused-ring (bicyclic) bond motifs is 3. The van der Waals surface area contributed by atoms with Gasteiger partial charge in [0.25, 0.3) is 0 Å². The molecule has 3 fully saturated rings. The number of amides is 1. The van der Waals surface area contributed by atoms with Crippen LogP contribution in [0.3, 0.4) is 0 Å². The highest BCUT2D eigenvalue weighted by molar-refractivity contribution is 5.77. The lowest BCUT2D eigenvalue weighted by Crippen LogP contribution is -2.58. The van der Waals surface area contributed by atoms with Gasteiger partial charge >= 0.3 is 12.1 Å². The monoisotopic (exact) mass is 299 g/mol. The molecule has 2 bridgehead atoms. The lowest BCUT2D eigenvalue weighted by atomic mass is 9.66.